The predicted molar refractivity (Wildman–Crippen MR) is 92.6 cm³/mol. The van der Waals surface area contributed by atoms with Gasteiger partial charge in [-0.15, -0.1) is 0 Å². The molecule has 6 nitrogen and oxygen atoms in total. The molecule has 0 fully saturated rings. The Morgan fingerprint density at radius 1 is 1.25 bits per heavy atom. The van der Waals surface area contributed by atoms with E-state index >= 15 is 0 Å². The number of hydrogen-bond donors (Lipinski definition) is 1. The van der Waals surface area contributed by atoms with Crippen molar-refractivity contribution in [2.45, 2.75) is 6.92 Å². The highest BCUT2D eigenvalue weighted by atomic mass is 79.9. The molecule has 0 bridgehead atoms. The number of hydrogen-bond acceptors (Lipinski definition) is 5. The third-order valence-corrected chi connectivity index (χ3v) is 3.21. The van der Waals surface area contributed by atoms with Crippen molar-refractivity contribution in [3.8, 4) is 5.75 Å². The van der Waals surface area contributed by atoms with Crippen LogP contribution < -0.4 is 10.1 Å². The van der Waals surface area contributed by atoms with Crippen LogP contribution in [0.2, 0.25) is 0 Å². The molecule has 0 atom stereocenters. The zero-order valence-corrected chi connectivity index (χ0v) is 14.5. The molecule has 2 aromatic rings. The molecule has 0 aliphatic rings. The van der Waals surface area contributed by atoms with Gasteiger partial charge in [0, 0.05) is 6.08 Å². The zero-order chi connectivity index (χ0) is 17.4. The maximum Gasteiger partial charge on any atom is 0.331 e. The number of esters is 1. The van der Waals surface area contributed by atoms with Gasteiger partial charge in [0.05, 0.1) is 12.3 Å². The number of rotatable bonds is 7. The molecule has 0 radical (unpaired) electrons. The number of carbonyl (C=O) groups excluding carboxylic acids is 2. The van der Waals surface area contributed by atoms with Gasteiger partial charge in [-0.25, -0.2) is 4.79 Å². The second kappa shape index (κ2) is 8.93. The van der Waals surface area contributed by atoms with Gasteiger partial charge in [0.25, 0.3) is 5.91 Å². The lowest BCUT2D eigenvalue weighted by atomic mass is 10.3. The smallest absolute Gasteiger partial charge is 0.331 e. The molecule has 24 heavy (non-hydrogen) atoms. The van der Waals surface area contributed by atoms with Crippen LogP contribution in [0.4, 0.5) is 5.69 Å². The third kappa shape index (κ3) is 5.58. The molecular formula is C17H16BrNO5. The van der Waals surface area contributed by atoms with Gasteiger partial charge >= 0.3 is 5.97 Å². The zero-order valence-electron chi connectivity index (χ0n) is 13.0. The van der Waals surface area contributed by atoms with E-state index in [1.165, 1.54) is 12.2 Å². The third-order valence-electron chi connectivity index (χ3n) is 2.78. The number of carbonyl (C=O) groups is 2. The minimum atomic E-state index is -0.643. The van der Waals surface area contributed by atoms with E-state index in [-0.39, 0.29) is 0 Å². The fourth-order valence-electron chi connectivity index (χ4n) is 1.79. The Hall–Kier alpha value is -2.54. The standard InChI is InChI=1S/C17H16BrNO5/c1-2-22-14-6-4-3-5-13(14)19-16(20)11-23-17(21)10-8-12-7-9-15(18)24-12/h3-10H,2,11H2,1H3,(H,19,20)/b10-8+. The first-order chi connectivity index (χ1) is 11.6. The van der Waals surface area contributed by atoms with Crippen molar-refractivity contribution in [3.05, 3.63) is 52.9 Å². The first kappa shape index (κ1) is 17.8. The Labute approximate surface area is 147 Å². The van der Waals surface area contributed by atoms with Gasteiger partial charge in [-0.3, -0.25) is 4.79 Å². The molecule has 0 aliphatic heterocycles. The van der Waals surface area contributed by atoms with Gasteiger partial charge in [0.2, 0.25) is 0 Å². The number of ether oxygens (including phenoxy) is 2. The second-order valence-electron chi connectivity index (χ2n) is 4.56. The number of benzene rings is 1. The van der Waals surface area contributed by atoms with Crippen molar-refractivity contribution < 1.29 is 23.5 Å². The van der Waals surface area contributed by atoms with Crippen LogP contribution in [0.5, 0.6) is 5.75 Å². The topological polar surface area (TPSA) is 77.8 Å². The molecule has 0 unspecified atom stereocenters. The summed E-state index contributed by atoms with van der Waals surface area (Å²) >= 11 is 3.16. The fraction of sp³-hybridized carbons (Fsp3) is 0.176. The maximum absolute atomic E-state index is 11.9. The average molecular weight is 394 g/mol. The molecule has 1 amide bonds. The second-order valence-corrected chi connectivity index (χ2v) is 5.34. The Balaban J connectivity index is 1.82. The van der Waals surface area contributed by atoms with E-state index in [0.29, 0.717) is 28.5 Å². The van der Waals surface area contributed by atoms with Crippen LogP contribution in [0.3, 0.4) is 0 Å². The Bertz CT molecular complexity index is 738. The summed E-state index contributed by atoms with van der Waals surface area (Å²) in [6, 6.07) is 10.4. The van der Waals surface area contributed by atoms with Gasteiger partial charge in [-0.2, -0.15) is 0 Å². The number of anilines is 1. The average Bonchev–Trinajstić information content (AvgIpc) is 2.98. The van der Waals surface area contributed by atoms with Crippen molar-refractivity contribution in [2.75, 3.05) is 18.5 Å². The molecule has 1 heterocycles. The Morgan fingerprint density at radius 2 is 2.04 bits per heavy atom. The van der Waals surface area contributed by atoms with Crippen LogP contribution in [0.25, 0.3) is 6.08 Å². The largest absolute Gasteiger partial charge is 0.492 e. The van der Waals surface area contributed by atoms with Crippen LogP contribution >= 0.6 is 15.9 Å². The van der Waals surface area contributed by atoms with Gasteiger partial charge in [0.15, 0.2) is 11.3 Å². The molecule has 126 valence electrons. The molecule has 0 aliphatic carbocycles. The fourth-order valence-corrected chi connectivity index (χ4v) is 2.11. The van der Waals surface area contributed by atoms with E-state index in [0.717, 1.165) is 0 Å². The Morgan fingerprint density at radius 3 is 2.75 bits per heavy atom. The van der Waals surface area contributed by atoms with Crippen molar-refractivity contribution in [1.29, 1.82) is 0 Å². The Kier molecular flexibility index (Phi) is 6.62. The van der Waals surface area contributed by atoms with E-state index < -0.39 is 18.5 Å². The molecule has 1 N–H and O–H groups in total. The van der Waals surface area contributed by atoms with E-state index in [2.05, 4.69) is 21.2 Å². The minimum absolute atomic E-state index is 0.397. The monoisotopic (exact) mass is 393 g/mol. The van der Waals surface area contributed by atoms with Gasteiger partial charge in [-0.05, 0) is 53.2 Å². The van der Waals surface area contributed by atoms with Crippen molar-refractivity contribution in [3.63, 3.8) is 0 Å². The maximum atomic E-state index is 11.9. The molecule has 7 heteroatoms. The number of furan rings is 1. The highest BCUT2D eigenvalue weighted by Crippen LogP contribution is 2.23. The quantitative estimate of drug-likeness (QED) is 0.573. The lowest BCUT2D eigenvalue weighted by Gasteiger charge is -2.11. The summed E-state index contributed by atoms with van der Waals surface area (Å²) in [6.07, 6.45) is 2.64. The first-order valence-corrected chi connectivity index (χ1v) is 7.99. The van der Waals surface area contributed by atoms with Crippen LogP contribution in [0.1, 0.15) is 12.7 Å². The van der Waals surface area contributed by atoms with Crippen LogP contribution in [0.15, 0.2) is 51.6 Å². The lowest BCUT2D eigenvalue weighted by Crippen LogP contribution is -2.20. The number of para-hydroxylation sites is 2. The van der Waals surface area contributed by atoms with Crippen LogP contribution in [0, 0.1) is 0 Å². The molecule has 0 spiro atoms. The summed E-state index contributed by atoms with van der Waals surface area (Å²) in [5.41, 5.74) is 0.524. The summed E-state index contributed by atoms with van der Waals surface area (Å²) in [4.78, 5) is 23.4. The highest BCUT2D eigenvalue weighted by molar-refractivity contribution is 9.10. The van der Waals surface area contributed by atoms with Crippen molar-refractivity contribution in [2.24, 2.45) is 0 Å². The minimum Gasteiger partial charge on any atom is -0.492 e. The van der Waals surface area contributed by atoms with Gasteiger partial charge in [0.1, 0.15) is 11.5 Å². The predicted octanol–water partition coefficient (Wildman–Crippen LogP) is 3.64. The SMILES string of the molecule is CCOc1ccccc1NC(=O)COC(=O)/C=C/c1ccc(Br)o1. The molecule has 1 aromatic heterocycles. The summed E-state index contributed by atoms with van der Waals surface area (Å²) < 4.78 is 16.0. The van der Waals surface area contributed by atoms with Gasteiger partial charge < -0.3 is 19.2 Å². The molecule has 1 aromatic carbocycles. The number of amides is 1. The molecule has 0 saturated carbocycles. The summed E-state index contributed by atoms with van der Waals surface area (Å²) in [5, 5.41) is 2.64. The first-order valence-electron chi connectivity index (χ1n) is 7.20. The van der Waals surface area contributed by atoms with Crippen molar-refractivity contribution in [1.82, 2.24) is 0 Å². The molecular weight excluding hydrogens is 378 g/mol. The van der Waals surface area contributed by atoms with Gasteiger partial charge in [-0.1, -0.05) is 12.1 Å². The van der Waals surface area contributed by atoms with E-state index in [4.69, 9.17) is 13.9 Å². The summed E-state index contributed by atoms with van der Waals surface area (Å²) in [6.45, 7) is 1.94. The van der Waals surface area contributed by atoms with Crippen LogP contribution in [-0.2, 0) is 14.3 Å². The molecule has 0 saturated heterocycles. The molecule has 2 rings (SSSR count). The van der Waals surface area contributed by atoms with Crippen LogP contribution in [-0.4, -0.2) is 25.1 Å². The van der Waals surface area contributed by atoms with E-state index in [1.54, 1.807) is 36.4 Å². The summed E-state index contributed by atoms with van der Waals surface area (Å²) in [5.74, 6) is -0.0442. The summed E-state index contributed by atoms with van der Waals surface area (Å²) in [7, 11) is 0. The van der Waals surface area contributed by atoms with E-state index in [9.17, 15) is 9.59 Å². The number of halogens is 1. The normalized spacial score (nSPS) is 10.6. The lowest BCUT2D eigenvalue weighted by molar-refractivity contribution is -0.142. The van der Waals surface area contributed by atoms with Crippen molar-refractivity contribution >= 4 is 39.6 Å². The highest BCUT2D eigenvalue weighted by Gasteiger charge is 2.09. The number of nitrogens with one attached hydrogen (secondary N) is 1. The van der Waals surface area contributed by atoms with E-state index in [1.807, 2.05) is 6.92 Å².